The van der Waals surface area contributed by atoms with Crippen LogP contribution in [-0.4, -0.2) is 12.3 Å². The van der Waals surface area contributed by atoms with Gasteiger partial charge in [-0.05, 0) is 37.6 Å². The van der Waals surface area contributed by atoms with Gasteiger partial charge in [0.15, 0.2) is 0 Å². The third-order valence-corrected chi connectivity index (χ3v) is 3.41. The van der Waals surface area contributed by atoms with E-state index in [0.717, 1.165) is 18.8 Å². The molecule has 0 saturated heterocycles. The molecule has 0 bridgehead atoms. The largest absolute Gasteiger partial charge is 0.313 e. The minimum absolute atomic E-state index is 0.972. The maximum absolute atomic E-state index is 3.91. The zero-order valence-corrected chi connectivity index (χ0v) is 11.1. The highest BCUT2D eigenvalue weighted by Crippen LogP contribution is 2.20. The average molecular weight is 235 g/mol. The lowest BCUT2D eigenvalue weighted by Crippen LogP contribution is -2.13. The van der Waals surface area contributed by atoms with Crippen molar-refractivity contribution >= 4 is 11.8 Å². The van der Waals surface area contributed by atoms with Crippen LogP contribution in [0.15, 0.2) is 41.3 Å². The second-order valence-electron chi connectivity index (χ2n) is 4.07. The molecule has 2 heteroatoms. The molecule has 0 heterocycles. The van der Waals surface area contributed by atoms with Crippen LogP contribution in [0.5, 0.6) is 0 Å². The first-order valence-corrected chi connectivity index (χ1v) is 6.77. The van der Waals surface area contributed by atoms with Crippen molar-refractivity contribution in [3.63, 3.8) is 0 Å². The van der Waals surface area contributed by atoms with E-state index < -0.39 is 0 Å². The third kappa shape index (κ3) is 5.38. The molecule has 16 heavy (non-hydrogen) atoms. The molecule has 0 aromatic heterocycles. The lowest BCUT2D eigenvalue weighted by Gasteiger charge is -2.05. The maximum atomic E-state index is 3.91. The van der Waals surface area contributed by atoms with E-state index in [9.17, 15) is 0 Å². The van der Waals surface area contributed by atoms with E-state index in [2.05, 4.69) is 50.0 Å². The number of benzene rings is 1. The fraction of sp³-hybridized carbons (Fsp3) is 0.429. The van der Waals surface area contributed by atoms with E-state index >= 15 is 0 Å². The highest BCUT2D eigenvalue weighted by molar-refractivity contribution is 7.99. The summed E-state index contributed by atoms with van der Waals surface area (Å²) in [4.78, 5) is 1.32. The summed E-state index contributed by atoms with van der Waals surface area (Å²) in [6.45, 7) is 10.2. The second-order valence-corrected chi connectivity index (χ2v) is 5.12. The zero-order valence-electron chi connectivity index (χ0n) is 10.3. The Hall–Kier alpha value is -0.730. The highest BCUT2D eigenvalue weighted by atomic mass is 32.2. The van der Waals surface area contributed by atoms with Crippen LogP contribution in [0.3, 0.4) is 0 Å². The highest BCUT2D eigenvalue weighted by Gasteiger charge is 1.95. The van der Waals surface area contributed by atoms with Gasteiger partial charge in [0, 0.05) is 17.2 Å². The lowest BCUT2D eigenvalue weighted by atomic mass is 10.2. The van der Waals surface area contributed by atoms with E-state index in [1.165, 1.54) is 22.5 Å². The summed E-state index contributed by atoms with van der Waals surface area (Å²) in [5.74, 6) is 1.01. The minimum Gasteiger partial charge on any atom is -0.313 e. The molecule has 1 rings (SSSR count). The molecule has 0 fully saturated rings. The summed E-state index contributed by atoms with van der Waals surface area (Å²) in [5.41, 5.74) is 2.58. The predicted octanol–water partition coefficient (Wildman–Crippen LogP) is 3.85. The van der Waals surface area contributed by atoms with Crippen molar-refractivity contribution in [1.82, 2.24) is 5.32 Å². The van der Waals surface area contributed by atoms with Crippen LogP contribution in [0.1, 0.15) is 25.8 Å². The van der Waals surface area contributed by atoms with Crippen molar-refractivity contribution in [2.24, 2.45) is 0 Å². The molecule has 1 N–H and O–H groups in total. The van der Waals surface area contributed by atoms with Crippen molar-refractivity contribution in [3.8, 4) is 0 Å². The van der Waals surface area contributed by atoms with E-state index in [-0.39, 0.29) is 0 Å². The Morgan fingerprint density at radius 1 is 1.31 bits per heavy atom. The van der Waals surface area contributed by atoms with Gasteiger partial charge in [-0.2, -0.15) is 0 Å². The van der Waals surface area contributed by atoms with Gasteiger partial charge in [-0.3, -0.25) is 0 Å². The SMILES string of the molecule is C=C(C)CSc1ccc(CNCCC)cc1. The normalized spacial score (nSPS) is 10.4. The van der Waals surface area contributed by atoms with E-state index in [4.69, 9.17) is 0 Å². The first kappa shape index (κ1) is 13.3. The van der Waals surface area contributed by atoms with Crippen molar-refractivity contribution in [2.45, 2.75) is 31.7 Å². The van der Waals surface area contributed by atoms with E-state index in [0.29, 0.717) is 0 Å². The minimum atomic E-state index is 0.972. The van der Waals surface area contributed by atoms with Gasteiger partial charge >= 0.3 is 0 Å². The van der Waals surface area contributed by atoms with Gasteiger partial charge in [-0.1, -0.05) is 31.2 Å². The van der Waals surface area contributed by atoms with Crippen LogP contribution in [0.4, 0.5) is 0 Å². The monoisotopic (exact) mass is 235 g/mol. The number of rotatable bonds is 7. The number of hydrogen-bond acceptors (Lipinski definition) is 2. The van der Waals surface area contributed by atoms with Gasteiger partial charge in [0.25, 0.3) is 0 Å². The van der Waals surface area contributed by atoms with Crippen molar-refractivity contribution < 1.29 is 0 Å². The van der Waals surface area contributed by atoms with Crippen molar-refractivity contribution in [2.75, 3.05) is 12.3 Å². The molecule has 0 unspecified atom stereocenters. The summed E-state index contributed by atoms with van der Waals surface area (Å²) in [5, 5.41) is 3.40. The molecule has 1 nitrogen and oxygen atoms in total. The molecule has 1 aromatic rings. The molecule has 0 atom stereocenters. The Morgan fingerprint density at radius 2 is 2.00 bits per heavy atom. The molecule has 1 aromatic carbocycles. The molecular weight excluding hydrogens is 214 g/mol. The molecule has 0 aliphatic carbocycles. The molecular formula is C14H21NS. The van der Waals surface area contributed by atoms with E-state index in [1.54, 1.807) is 0 Å². The van der Waals surface area contributed by atoms with Crippen molar-refractivity contribution in [3.05, 3.63) is 42.0 Å². The summed E-state index contributed by atoms with van der Waals surface area (Å²) < 4.78 is 0. The average Bonchev–Trinajstić information content (AvgIpc) is 2.28. The van der Waals surface area contributed by atoms with Gasteiger partial charge in [-0.25, -0.2) is 0 Å². The standard InChI is InChI=1S/C14H21NS/c1-4-9-15-10-13-5-7-14(8-6-13)16-11-12(2)3/h5-8,15H,2,4,9-11H2,1,3H3. The van der Waals surface area contributed by atoms with Crippen LogP contribution in [0.2, 0.25) is 0 Å². The van der Waals surface area contributed by atoms with Crippen molar-refractivity contribution in [1.29, 1.82) is 0 Å². The van der Waals surface area contributed by atoms with Gasteiger partial charge in [0.05, 0.1) is 0 Å². The second kappa shape index (κ2) is 7.53. The zero-order chi connectivity index (χ0) is 11.8. The maximum Gasteiger partial charge on any atom is 0.0205 e. The predicted molar refractivity (Wildman–Crippen MR) is 74.0 cm³/mol. The van der Waals surface area contributed by atoms with Crippen LogP contribution in [0, 0.1) is 0 Å². The Balaban J connectivity index is 2.38. The summed E-state index contributed by atoms with van der Waals surface area (Å²) >= 11 is 1.85. The molecule has 0 radical (unpaired) electrons. The first-order valence-electron chi connectivity index (χ1n) is 5.79. The Bertz CT molecular complexity index is 316. The third-order valence-electron chi connectivity index (χ3n) is 2.16. The summed E-state index contributed by atoms with van der Waals surface area (Å²) in [6.07, 6.45) is 1.19. The number of thioether (sulfide) groups is 1. The quantitative estimate of drug-likeness (QED) is 0.437. The molecule has 0 aliphatic heterocycles. The van der Waals surface area contributed by atoms with Gasteiger partial charge in [-0.15, -0.1) is 11.8 Å². The number of nitrogens with one attached hydrogen (secondary N) is 1. The fourth-order valence-electron chi connectivity index (χ4n) is 1.32. The molecule has 0 aliphatic rings. The lowest BCUT2D eigenvalue weighted by molar-refractivity contribution is 0.675. The van der Waals surface area contributed by atoms with Crippen LogP contribution < -0.4 is 5.32 Å². The summed E-state index contributed by atoms with van der Waals surface area (Å²) in [7, 11) is 0. The molecule has 88 valence electrons. The van der Waals surface area contributed by atoms with Gasteiger partial charge in [0.1, 0.15) is 0 Å². The van der Waals surface area contributed by atoms with Gasteiger partial charge in [0.2, 0.25) is 0 Å². The van der Waals surface area contributed by atoms with Crippen LogP contribution in [0.25, 0.3) is 0 Å². The fourth-order valence-corrected chi connectivity index (χ4v) is 2.06. The van der Waals surface area contributed by atoms with Gasteiger partial charge < -0.3 is 5.32 Å². The Kier molecular flexibility index (Phi) is 6.27. The summed E-state index contributed by atoms with van der Waals surface area (Å²) in [6, 6.07) is 8.78. The van der Waals surface area contributed by atoms with Crippen LogP contribution in [-0.2, 0) is 6.54 Å². The van der Waals surface area contributed by atoms with E-state index in [1.807, 2.05) is 11.8 Å². The van der Waals surface area contributed by atoms with Crippen LogP contribution >= 0.6 is 11.8 Å². The smallest absolute Gasteiger partial charge is 0.0205 e. The number of hydrogen-bond donors (Lipinski definition) is 1. The first-order chi connectivity index (χ1) is 7.72. The Labute approximate surface area is 103 Å². The molecule has 0 saturated carbocycles. The Morgan fingerprint density at radius 3 is 2.56 bits per heavy atom. The topological polar surface area (TPSA) is 12.0 Å². The molecule has 0 spiro atoms. The molecule has 0 amide bonds.